The molecule has 2 heterocycles. The maximum atomic E-state index is 12.7. The highest BCUT2D eigenvalue weighted by Gasteiger charge is 2.20. The molecule has 6 nitrogen and oxygen atoms in total. The molecule has 0 saturated heterocycles. The lowest BCUT2D eigenvalue weighted by Crippen LogP contribution is -2.32. The van der Waals surface area contributed by atoms with Gasteiger partial charge in [-0.15, -0.1) is 10.2 Å². The van der Waals surface area contributed by atoms with Crippen molar-refractivity contribution in [2.45, 2.75) is 12.1 Å². The van der Waals surface area contributed by atoms with Crippen LogP contribution in [-0.2, 0) is 4.79 Å². The third-order valence-electron chi connectivity index (χ3n) is 3.96. The number of fused-ring (bicyclic) bond motifs is 1. The van der Waals surface area contributed by atoms with Gasteiger partial charge in [0.05, 0.1) is 26.6 Å². The van der Waals surface area contributed by atoms with Gasteiger partial charge < -0.3 is 4.42 Å². The fourth-order valence-corrected chi connectivity index (χ4v) is 4.51. The number of halogens is 1. The van der Waals surface area contributed by atoms with E-state index in [0.29, 0.717) is 33.4 Å². The highest BCUT2D eigenvalue weighted by molar-refractivity contribution is 7.99. The van der Waals surface area contributed by atoms with Crippen molar-refractivity contribution in [1.82, 2.24) is 15.2 Å². The minimum atomic E-state index is -0.0657. The summed E-state index contributed by atoms with van der Waals surface area (Å²) in [4.78, 5) is 18.9. The number of hydrogen-bond donors (Lipinski definition) is 0. The van der Waals surface area contributed by atoms with Crippen LogP contribution in [0.3, 0.4) is 0 Å². The van der Waals surface area contributed by atoms with Gasteiger partial charge in [0.15, 0.2) is 5.13 Å². The molecule has 0 spiro atoms. The van der Waals surface area contributed by atoms with Crippen LogP contribution in [0.4, 0.5) is 5.13 Å². The number of aromatic nitrogens is 3. The SMILES string of the molecule is CCN(C(=O)CSc1nnc(-c2ccccc2Cl)o1)c1nc2ccccc2s1. The molecule has 4 rings (SSSR count). The Morgan fingerprint density at radius 1 is 1.18 bits per heavy atom. The van der Waals surface area contributed by atoms with Gasteiger partial charge in [0.1, 0.15) is 0 Å². The van der Waals surface area contributed by atoms with E-state index in [1.807, 2.05) is 43.3 Å². The summed E-state index contributed by atoms with van der Waals surface area (Å²) in [5.41, 5.74) is 1.56. The summed E-state index contributed by atoms with van der Waals surface area (Å²) in [5.74, 6) is 0.441. The van der Waals surface area contributed by atoms with E-state index in [9.17, 15) is 4.79 Å². The van der Waals surface area contributed by atoms with E-state index in [4.69, 9.17) is 16.0 Å². The van der Waals surface area contributed by atoms with Crippen molar-refractivity contribution in [1.29, 1.82) is 0 Å². The van der Waals surface area contributed by atoms with Gasteiger partial charge in [0.2, 0.25) is 11.8 Å². The van der Waals surface area contributed by atoms with E-state index in [2.05, 4.69) is 15.2 Å². The highest BCUT2D eigenvalue weighted by atomic mass is 35.5. The largest absolute Gasteiger partial charge is 0.411 e. The summed E-state index contributed by atoms with van der Waals surface area (Å²) in [6.45, 7) is 2.46. The number of thioether (sulfide) groups is 1. The predicted octanol–water partition coefficient (Wildman–Crippen LogP) is 5.14. The van der Waals surface area contributed by atoms with Crippen LogP contribution in [0.2, 0.25) is 5.02 Å². The Balaban J connectivity index is 1.45. The molecular formula is C19H15ClN4O2S2. The zero-order valence-electron chi connectivity index (χ0n) is 14.8. The summed E-state index contributed by atoms with van der Waals surface area (Å²) >= 11 is 8.86. The van der Waals surface area contributed by atoms with Gasteiger partial charge in [-0.05, 0) is 31.2 Å². The van der Waals surface area contributed by atoms with Crippen molar-refractivity contribution < 1.29 is 9.21 Å². The van der Waals surface area contributed by atoms with E-state index in [1.165, 1.54) is 23.1 Å². The molecular weight excluding hydrogens is 416 g/mol. The van der Waals surface area contributed by atoms with E-state index >= 15 is 0 Å². The number of hydrogen-bond acceptors (Lipinski definition) is 7. The Morgan fingerprint density at radius 3 is 2.75 bits per heavy atom. The summed E-state index contributed by atoms with van der Waals surface area (Å²) in [5, 5.41) is 9.57. The number of para-hydroxylation sites is 1. The van der Waals surface area contributed by atoms with Gasteiger partial charge >= 0.3 is 0 Å². The molecule has 2 aromatic carbocycles. The van der Waals surface area contributed by atoms with Crippen molar-refractivity contribution in [3.8, 4) is 11.5 Å². The van der Waals surface area contributed by atoms with E-state index < -0.39 is 0 Å². The minimum absolute atomic E-state index is 0.0657. The topological polar surface area (TPSA) is 72.1 Å². The van der Waals surface area contributed by atoms with Crippen molar-refractivity contribution >= 4 is 56.0 Å². The Morgan fingerprint density at radius 2 is 1.96 bits per heavy atom. The molecule has 1 amide bonds. The molecule has 4 aromatic rings. The Hall–Kier alpha value is -2.42. The van der Waals surface area contributed by atoms with Crippen molar-refractivity contribution in [2.24, 2.45) is 0 Å². The molecule has 0 unspecified atom stereocenters. The number of benzene rings is 2. The third-order valence-corrected chi connectivity index (χ3v) is 6.15. The van der Waals surface area contributed by atoms with Gasteiger partial charge in [-0.1, -0.05) is 59.0 Å². The van der Waals surface area contributed by atoms with Crippen LogP contribution < -0.4 is 4.90 Å². The molecule has 0 fully saturated rings. The minimum Gasteiger partial charge on any atom is -0.411 e. The third kappa shape index (κ3) is 3.89. The lowest BCUT2D eigenvalue weighted by atomic mass is 10.2. The standard InChI is InChI=1S/C19H15ClN4O2S2/c1-2-24(18-21-14-9-5-6-10-15(14)28-18)16(25)11-27-19-23-22-17(26-19)12-7-3-4-8-13(12)20/h3-10H,2,11H2,1H3. The van der Waals surface area contributed by atoms with Crippen molar-refractivity contribution in [3.63, 3.8) is 0 Å². The van der Waals surface area contributed by atoms with Gasteiger partial charge in [-0.3, -0.25) is 9.69 Å². The average Bonchev–Trinajstić information content (AvgIpc) is 3.34. The molecule has 142 valence electrons. The fourth-order valence-electron chi connectivity index (χ4n) is 2.61. The molecule has 0 aliphatic carbocycles. The molecule has 0 N–H and O–H groups in total. The number of amides is 1. The highest BCUT2D eigenvalue weighted by Crippen LogP contribution is 2.31. The number of thiazole rings is 1. The Labute approximate surface area is 174 Å². The van der Waals surface area contributed by atoms with Crippen LogP contribution in [0.25, 0.3) is 21.7 Å². The van der Waals surface area contributed by atoms with Gasteiger partial charge in [-0.25, -0.2) is 4.98 Å². The second-order valence-corrected chi connectivity index (χ2v) is 8.09. The van der Waals surface area contributed by atoms with Crippen LogP contribution >= 0.6 is 34.7 Å². The predicted molar refractivity (Wildman–Crippen MR) is 113 cm³/mol. The van der Waals surface area contributed by atoms with Crippen LogP contribution in [-0.4, -0.2) is 33.4 Å². The normalized spacial score (nSPS) is 11.1. The molecule has 0 atom stereocenters. The molecule has 0 saturated carbocycles. The van der Waals surface area contributed by atoms with Crippen molar-refractivity contribution in [2.75, 3.05) is 17.2 Å². The monoisotopic (exact) mass is 430 g/mol. The summed E-state index contributed by atoms with van der Waals surface area (Å²) in [6, 6.07) is 15.1. The number of anilines is 1. The fraction of sp³-hybridized carbons (Fsp3) is 0.158. The number of nitrogens with zero attached hydrogens (tertiary/aromatic N) is 4. The average molecular weight is 431 g/mol. The van der Waals surface area contributed by atoms with Gasteiger partial charge in [0.25, 0.3) is 5.22 Å². The molecule has 0 bridgehead atoms. The first-order chi connectivity index (χ1) is 13.7. The summed E-state index contributed by atoms with van der Waals surface area (Å²) in [7, 11) is 0. The zero-order chi connectivity index (χ0) is 19.5. The Kier molecular flexibility index (Phi) is 5.61. The summed E-state index contributed by atoms with van der Waals surface area (Å²) < 4.78 is 6.69. The van der Waals surface area contributed by atoms with Crippen LogP contribution in [0.5, 0.6) is 0 Å². The number of rotatable bonds is 6. The van der Waals surface area contributed by atoms with Crippen LogP contribution in [0.15, 0.2) is 58.2 Å². The zero-order valence-corrected chi connectivity index (χ0v) is 17.2. The lowest BCUT2D eigenvalue weighted by molar-refractivity contribution is -0.116. The lowest BCUT2D eigenvalue weighted by Gasteiger charge is -2.16. The maximum Gasteiger partial charge on any atom is 0.277 e. The molecule has 9 heteroatoms. The Bertz CT molecular complexity index is 1090. The quantitative estimate of drug-likeness (QED) is 0.394. The maximum absolute atomic E-state index is 12.7. The number of carbonyl (C=O) groups excluding carboxylic acids is 1. The first-order valence-corrected chi connectivity index (χ1v) is 10.7. The molecule has 0 radical (unpaired) electrons. The van der Waals surface area contributed by atoms with Crippen molar-refractivity contribution in [3.05, 3.63) is 53.6 Å². The first-order valence-electron chi connectivity index (χ1n) is 8.53. The molecule has 0 aliphatic heterocycles. The number of carbonyl (C=O) groups is 1. The van der Waals surface area contributed by atoms with Crippen LogP contribution in [0, 0.1) is 0 Å². The molecule has 28 heavy (non-hydrogen) atoms. The van der Waals surface area contributed by atoms with E-state index in [0.717, 1.165) is 10.2 Å². The van der Waals surface area contributed by atoms with E-state index in [1.54, 1.807) is 17.0 Å². The van der Waals surface area contributed by atoms with Crippen LogP contribution in [0.1, 0.15) is 6.92 Å². The van der Waals surface area contributed by atoms with Gasteiger partial charge in [0, 0.05) is 6.54 Å². The van der Waals surface area contributed by atoms with E-state index in [-0.39, 0.29) is 11.7 Å². The first kappa shape index (κ1) is 18.9. The molecule has 0 aliphatic rings. The van der Waals surface area contributed by atoms with Gasteiger partial charge in [-0.2, -0.15) is 0 Å². The summed E-state index contributed by atoms with van der Waals surface area (Å²) in [6.07, 6.45) is 0. The second kappa shape index (κ2) is 8.30. The second-order valence-electron chi connectivity index (χ2n) is 5.74. The molecule has 2 aromatic heterocycles. The smallest absolute Gasteiger partial charge is 0.277 e.